The molecule has 0 bridgehead atoms. The zero-order valence-corrected chi connectivity index (χ0v) is 16.8. The van der Waals surface area contributed by atoms with Gasteiger partial charge < -0.3 is 14.6 Å². The molecule has 4 nitrogen and oxygen atoms in total. The number of halogens is 1. The van der Waals surface area contributed by atoms with E-state index in [1.807, 2.05) is 43.3 Å². The van der Waals surface area contributed by atoms with Crippen molar-refractivity contribution in [2.45, 2.75) is 44.3 Å². The number of ether oxygens (including phenoxy) is 2. The first-order valence-corrected chi connectivity index (χ1v) is 9.89. The second-order valence-electron chi connectivity index (χ2n) is 7.56. The summed E-state index contributed by atoms with van der Waals surface area (Å²) in [6.07, 6.45) is 2.74. The maximum Gasteiger partial charge on any atom is 0.343 e. The Morgan fingerprint density at radius 2 is 1.82 bits per heavy atom. The van der Waals surface area contributed by atoms with E-state index in [1.54, 1.807) is 13.2 Å². The highest BCUT2D eigenvalue weighted by Crippen LogP contribution is 2.47. The highest BCUT2D eigenvalue weighted by Gasteiger charge is 2.50. The van der Waals surface area contributed by atoms with Crippen LogP contribution in [0, 0.1) is 6.92 Å². The van der Waals surface area contributed by atoms with Gasteiger partial charge in [-0.1, -0.05) is 41.9 Å². The number of methoxy groups -OCH3 is 1. The van der Waals surface area contributed by atoms with Crippen molar-refractivity contribution in [1.29, 1.82) is 0 Å². The molecule has 1 saturated carbocycles. The number of hydrogen-bond acceptors (Lipinski definition) is 4. The van der Waals surface area contributed by atoms with Gasteiger partial charge in [-0.25, -0.2) is 4.79 Å². The fourth-order valence-corrected chi connectivity index (χ4v) is 4.53. The minimum Gasteiger partial charge on any atom is -0.507 e. The number of carbonyl (C=O) groups is 1. The normalized spacial score (nSPS) is 24.7. The molecule has 0 saturated heterocycles. The quantitative estimate of drug-likeness (QED) is 0.696. The Kier molecular flexibility index (Phi) is 4.94. The first kappa shape index (κ1) is 19.0. The summed E-state index contributed by atoms with van der Waals surface area (Å²) in [5.41, 5.74) is 2.68. The average Bonchev–Trinajstić information content (AvgIpc) is 2.94. The number of esters is 1. The van der Waals surface area contributed by atoms with Crippen LogP contribution in [-0.4, -0.2) is 29.9 Å². The van der Waals surface area contributed by atoms with Gasteiger partial charge >= 0.3 is 5.97 Å². The Balaban J connectivity index is 1.74. The van der Waals surface area contributed by atoms with Gasteiger partial charge in [0.05, 0.1) is 6.10 Å². The zero-order valence-electron chi connectivity index (χ0n) is 16.0. The molecule has 1 aliphatic carbocycles. The van der Waals surface area contributed by atoms with Crippen molar-refractivity contribution in [3.8, 4) is 11.1 Å². The fourth-order valence-electron chi connectivity index (χ4n) is 4.26. The molecule has 0 amide bonds. The highest BCUT2D eigenvalue weighted by atomic mass is 35.5. The van der Waals surface area contributed by atoms with Gasteiger partial charge in [0, 0.05) is 17.7 Å². The Labute approximate surface area is 169 Å². The van der Waals surface area contributed by atoms with E-state index < -0.39 is 11.6 Å². The summed E-state index contributed by atoms with van der Waals surface area (Å²) in [5.74, 6) is -0.460. The van der Waals surface area contributed by atoms with E-state index in [0.29, 0.717) is 23.4 Å². The summed E-state index contributed by atoms with van der Waals surface area (Å²) in [6.45, 7) is 1.92. The van der Waals surface area contributed by atoms with E-state index in [1.165, 1.54) is 0 Å². The summed E-state index contributed by atoms with van der Waals surface area (Å²) in [4.78, 5) is 12.7. The molecule has 0 atom stereocenters. The van der Waals surface area contributed by atoms with E-state index in [2.05, 4.69) is 0 Å². The van der Waals surface area contributed by atoms with Crippen LogP contribution in [0.15, 0.2) is 48.2 Å². The van der Waals surface area contributed by atoms with Crippen molar-refractivity contribution >= 4 is 23.1 Å². The third-order valence-electron chi connectivity index (χ3n) is 5.90. The van der Waals surface area contributed by atoms with Gasteiger partial charge in [0.25, 0.3) is 0 Å². The highest BCUT2D eigenvalue weighted by molar-refractivity contribution is 6.34. The van der Waals surface area contributed by atoms with Crippen LogP contribution in [-0.2, 0) is 14.3 Å². The molecular weight excluding hydrogens is 376 g/mol. The molecule has 4 rings (SSSR count). The molecule has 2 aliphatic rings. The predicted octanol–water partition coefficient (Wildman–Crippen LogP) is 5.47. The molecule has 28 heavy (non-hydrogen) atoms. The van der Waals surface area contributed by atoms with Crippen LogP contribution in [0.1, 0.15) is 36.8 Å². The van der Waals surface area contributed by atoms with Crippen LogP contribution in [0.2, 0.25) is 5.02 Å². The fraction of sp³-hybridized carbons (Fsp3) is 0.348. The van der Waals surface area contributed by atoms with Crippen LogP contribution < -0.4 is 0 Å². The Bertz CT molecular complexity index is 941. The van der Waals surface area contributed by atoms with Gasteiger partial charge in [-0.2, -0.15) is 0 Å². The molecule has 1 fully saturated rings. The van der Waals surface area contributed by atoms with Crippen molar-refractivity contribution in [2.75, 3.05) is 7.11 Å². The molecule has 0 unspecified atom stereocenters. The number of hydrogen-bond donors (Lipinski definition) is 1. The summed E-state index contributed by atoms with van der Waals surface area (Å²) in [5, 5.41) is 11.5. The molecule has 146 valence electrons. The minimum absolute atomic E-state index is 0.0266. The molecule has 1 aliphatic heterocycles. The lowest BCUT2D eigenvalue weighted by atomic mass is 9.81. The Morgan fingerprint density at radius 3 is 2.46 bits per heavy atom. The number of aliphatic hydroxyl groups is 1. The lowest BCUT2D eigenvalue weighted by Gasteiger charge is -2.35. The topological polar surface area (TPSA) is 55.8 Å². The van der Waals surface area contributed by atoms with Crippen LogP contribution in [0.4, 0.5) is 0 Å². The lowest BCUT2D eigenvalue weighted by molar-refractivity contribution is -0.151. The molecule has 2 aromatic rings. The van der Waals surface area contributed by atoms with E-state index in [-0.39, 0.29) is 17.4 Å². The molecule has 2 aromatic carbocycles. The first-order valence-electron chi connectivity index (χ1n) is 9.51. The van der Waals surface area contributed by atoms with Gasteiger partial charge in [-0.3, -0.25) is 0 Å². The number of carbonyl (C=O) groups excluding carboxylic acids is 1. The van der Waals surface area contributed by atoms with Gasteiger partial charge in [0.1, 0.15) is 5.57 Å². The van der Waals surface area contributed by atoms with Crippen LogP contribution >= 0.6 is 11.6 Å². The molecule has 0 radical (unpaired) electrons. The van der Waals surface area contributed by atoms with E-state index in [0.717, 1.165) is 29.5 Å². The van der Waals surface area contributed by atoms with Gasteiger partial charge in [0.2, 0.25) is 0 Å². The first-order chi connectivity index (χ1) is 13.4. The molecule has 1 heterocycles. The Hall–Kier alpha value is -2.30. The summed E-state index contributed by atoms with van der Waals surface area (Å²) >= 11 is 6.55. The van der Waals surface area contributed by atoms with Crippen molar-refractivity contribution in [1.82, 2.24) is 0 Å². The second kappa shape index (κ2) is 7.26. The van der Waals surface area contributed by atoms with Gasteiger partial charge in [-0.15, -0.1) is 0 Å². The maximum atomic E-state index is 12.7. The number of benzene rings is 2. The van der Waals surface area contributed by atoms with Gasteiger partial charge in [-0.05, 0) is 61.4 Å². The van der Waals surface area contributed by atoms with E-state index in [9.17, 15) is 9.90 Å². The van der Waals surface area contributed by atoms with E-state index >= 15 is 0 Å². The standard InChI is InChI=1S/C23H23ClO4/c1-14-12-18(15-6-4-3-5-7-15)19(24)13-17(14)20-21(25)23(28-22(20)26)10-8-16(27-2)9-11-23/h3-7,12-13,16,25H,8-11H2,1-2H3. The molecule has 1 N–H and O–H groups in total. The maximum absolute atomic E-state index is 12.7. The Morgan fingerprint density at radius 1 is 1.14 bits per heavy atom. The molecular formula is C23H23ClO4. The minimum atomic E-state index is -0.932. The molecule has 1 spiro atoms. The van der Waals surface area contributed by atoms with Crippen molar-refractivity contribution < 1.29 is 19.4 Å². The van der Waals surface area contributed by atoms with Crippen LogP contribution in [0.5, 0.6) is 0 Å². The zero-order chi connectivity index (χ0) is 19.9. The number of rotatable bonds is 3. The average molecular weight is 399 g/mol. The number of aliphatic hydroxyl groups excluding tert-OH is 1. The molecule has 5 heteroatoms. The van der Waals surface area contributed by atoms with E-state index in [4.69, 9.17) is 21.1 Å². The van der Waals surface area contributed by atoms with Gasteiger partial charge in [0.15, 0.2) is 11.4 Å². The summed E-state index contributed by atoms with van der Waals surface area (Å²) in [6, 6.07) is 13.6. The monoisotopic (exact) mass is 398 g/mol. The molecule has 0 aromatic heterocycles. The third kappa shape index (κ3) is 3.11. The van der Waals surface area contributed by atoms with Crippen LogP contribution in [0.25, 0.3) is 16.7 Å². The van der Waals surface area contributed by atoms with Crippen molar-refractivity contribution in [3.05, 3.63) is 64.4 Å². The third-order valence-corrected chi connectivity index (χ3v) is 6.22. The SMILES string of the molecule is COC1CCC2(CC1)OC(=O)C(c1cc(Cl)c(-c3ccccc3)cc1C)=C2O. The summed E-state index contributed by atoms with van der Waals surface area (Å²) < 4.78 is 11.1. The van der Waals surface area contributed by atoms with Crippen LogP contribution in [0.3, 0.4) is 0 Å². The second-order valence-corrected chi connectivity index (χ2v) is 7.96. The lowest BCUT2D eigenvalue weighted by Crippen LogP contribution is -2.38. The number of aryl methyl sites for hydroxylation is 1. The van der Waals surface area contributed by atoms with Crippen molar-refractivity contribution in [3.63, 3.8) is 0 Å². The summed E-state index contributed by atoms with van der Waals surface area (Å²) in [7, 11) is 1.68. The smallest absolute Gasteiger partial charge is 0.343 e. The predicted molar refractivity (Wildman–Crippen MR) is 109 cm³/mol. The van der Waals surface area contributed by atoms with Crippen molar-refractivity contribution in [2.24, 2.45) is 0 Å². The largest absolute Gasteiger partial charge is 0.507 e.